The summed E-state index contributed by atoms with van der Waals surface area (Å²) in [5.74, 6) is 0.169. The van der Waals surface area contributed by atoms with E-state index in [1.54, 1.807) is 23.5 Å². The van der Waals surface area contributed by atoms with Gasteiger partial charge in [0, 0.05) is 11.4 Å². The fourth-order valence-corrected chi connectivity index (χ4v) is 2.90. The highest BCUT2D eigenvalue weighted by Crippen LogP contribution is 2.27. The van der Waals surface area contributed by atoms with Crippen LogP contribution in [0.3, 0.4) is 0 Å². The Hall–Kier alpha value is -1.99. The lowest BCUT2D eigenvalue weighted by Gasteiger charge is -2.33. The van der Waals surface area contributed by atoms with Crippen molar-refractivity contribution in [2.24, 2.45) is 5.73 Å². The summed E-state index contributed by atoms with van der Waals surface area (Å²) in [6, 6.07) is 7.45. The second-order valence-corrected chi connectivity index (χ2v) is 5.44. The van der Waals surface area contributed by atoms with E-state index in [9.17, 15) is 4.79 Å². The third kappa shape index (κ3) is 2.63. The predicted molar refractivity (Wildman–Crippen MR) is 75.8 cm³/mol. The molecule has 7 heteroatoms. The van der Waals surface area contributed by atoms with Gasteiger partial charge in [-0.15, -0.1) is 21.5 Å². The lowest BCUT2D eigenvalue weighted by Crippen LogP contribution is -2.38. The van der Waals surface area contributed by atoms with Crippen LogP contribution in [0.2, 0.25) is 0 Å². The van der Waals surface area contributed by atoms with Crippen molar-refractivity contribution in [3.8, 4) is 0 Å². The Morgan fingerprint density at radius 2 is 2.30 bits per heavy atom. The van der Waals surface area contributed by atoms with Crippen molar-refractivity contribution in [1.82, 2.24) is 10.2 Å². The predicted octanol–water partition coefficient (Wildman–Crippen LogP) is 1.21. The highest BCUT2D eigenvalue weighted by atomic mass is 32.1. The molecule has 1 amide bonds. The molecule has 1 aliphatic heterocycles. The van der Waals surface area contributed by atoms with Crippen LogP contribution in [0.15, 0.2) is 29.6 Å². The van der Waals surface area contributed by atoms with Gasteiger partial charge in [-0.2, -0.15) is 0 Å². The lowest BCUT2D eigenvalue weighted by atomic mass is 10.2. The second-order valence-electron chi connectivity index (χ2n) is 4.46. The number of ether oxygens (including phenoxy) is 1. The zero-order valence-corrected chi connectivity index (χ0v) is 11.5. The average molecular weight is 290 g/mol. The standard InChI is InChI=1S/C13H14N4O2S/c14-13(18)9-3-4-12(16-15-9)17-5-6-19-10(8-17)11-2-1-7-20-11/h1-4,7,10H,5-6,8H2,(H2,14,18). The molecule has 1 atom stereocenters. The highest BCUT2D eigenvalue weighted by molar-refractivity contribution is 7.10. The average Bonchev–Trinajstić information content (AvgIpc) is 3.02. The molecule has 1 aliphatic rings. The van der Waals surface area contributed by atoms with Crippen molar-refractivity contribution in [3.05, 3.63) is 40.2 Å². The van der Waals surface area contributed by atoms with Crippen molar-refractivity contribution >= 4 is 23.1 Å². The molecule has 20 heavy (non-hydrogen) atoms. The molecule has 3 heterocycles. The molecule has 3 rings (SSSR count). The van der Waals surface area contributed by atoms with Gasteiger partial charge >= 0.3 is 0 Å². The number of primary amides is 1. The molecule has 0 radical (unpaired) electrons. The SMILES string of the molecule is NC(=O)c1ccc(N2CCOC(c3cccs3)C2)nn1. The third-order valence-electron chi connectivity index (χ3n) is 3.15. The molecule has 104 valence electrons. The molecule has 2 aromatic rings. The van der Waals surface area contributed by atoms with Crippen LogP contribution in [-0.4, -0.2) is 35.8 Å². The number of anilines is 1. The number of nitrogens with two attached hydrogens (primary N) is 1. The van der Waals surface area contributed by atoms with E-state index in [1.165, 1.54) is 4.88 Å². The van der Waals surface area contributed by atoms with Gasteiger partial charge in [0.15, 0.2) is 11.5 Å². The Morgan fingerprint density at radius 3 is 2.95 bits per heavy atom. The largest absolute Gasteiger partial charge is 0.369 e. The number of rotatable bonds is 3. The molecule has 0 saturated carbocycles. The van der Waals surface area contributed by atoms with Crippen LogP contribution >= 0.6 is 11.3 Å². The molecule has 2 aromatic heterocycles. The molecule has 6 nitrogen and oxygen atoms in total. The second kappa shape index (κ2) is 5.56. The number of hydrogen-bond donors (Lipinski definition) is 1. The van der Waals surface area contributed by atoms with Gasteiger partial charge in [0.2, 0.25) is 0 Å². The number of carbonyl (C=O) groups is 1. The van der Waals surface area contributed by atoms with E-state index in [1.807, 2.05) is 11.4 Å². The van der Waals surface area contributed by atoms with Gasteiger partial charge in [-0.3, -0.25) is 4.79 Å². The monoisotopic (exact) mass is 290 g/mol. The normalized spacial score (nSPS) is 19.0. The number of hydrogen-bond acceptors (Lipinski definition) is 6. The zero-order valence-electron chi connectivity index (χ0n) is 10.7. The smallest absolute Gasteiger partial charge is 0.269 e. The van der Waals surface area contributed by atoms with Gasteiger partial charge in [-0.05, 0) is 23.6 Å². The van der Waals surface area contributed by atoms with Crippen molar-refractivity contribution in [1.29, 1.82) is 0 Å². The van der Waals surface area contributed by atoms with E-state index in [4.69, 9.17) is 10.5 Å². The van der Waals surface area contributed by atoms with E-state index in [2.05, 4.69) is 21.2 Å². The molecule has 1 unspecified atom stereocenters. The first-order valence-corrected chi connectivity index (χ1v) is 7.15. The maximum atomic E-state index is 11.0. The molecule has 0 bridgehead atoms. The van der Waals surface area contributed by atoms with Crippen LogP contribution in [0.4, 0.5) is 5.82 Å². The Kier molecular flexibility index (Phi) is 3.62. The fourth-order valence-electron chi connectivity index (χ4n) is 2.13. The molecule has 0 aromatic carbocycles. The Balaban J connectivity index is 1.75. The van der Waals surface area contributed by atoms with Crippen LogP contribution < -0.4 is 10.6 Å². The lowest BCUT2D eigenvalue weighted by molar-refractivity contribution is 0.0418. The van der Waals surface area contributed by atoms with Crippen molar-refractivity contribution in [3.63, 3.8) is 0 Å². The summed E-state index contributed by atoms with van der Waals surface area (Å²) in [5, 5.41) is 9.94. The van der Waals surface area contributed by atoms with Crippen molar-refractivity contribution < 1.29 is 9.53 Å². The maximum absolute atomic E-state index is 11.0. The number of thiophene rings is 1. The van der Waals surface area contributed by atoms with Gasteiger partial charge < -0.3 is 15.4 Å². The van der Waals surface area contributed by atoms with Crippen LogP contribution in [-0.2, 0) is 4.74 Å². The van der Waals surface area contributed by atoms with Gasteiger partial charge in [0.05, 0.1) is 13.2 Å². The Bertz CT molecular complexity index is 585. The molecule has 0 spiro atoms. The maximum Gasteiger partial charge on any atom is 0.269 e. The van der Waals surface area contributed by atoms with Crippen LogP contribution in [0, 0.1) is 0 Å². The Morgan fingerprint density at radius 1 is 1.40 bits per heavy atom. The first kappa shape index (κ1) is 13.0. The molecule has 0 aliphatic carbocycles. The number of amides is 1. The van der Waals surface area contributed by atoms with Crippen LogP contribution in [0.5, 0.6) is 0 Å². The highest BCUT2D eigenvalue weighted by Gasteiger charge is 2.23. The number of morpholine rings is 1. The number of carbonyl (C=O) groups excluding carboxylic acids is 1. The topological polar surface area (TPSA) is 81.3 Å². The first-order chi connectivity index (χ1) is 9.74. The van der Waals surface area contributed by atoms with Crippen molar-refractivity contribution in [2.75, 3.05) is 24.6 Å². The Labute approximate surface area is 120 Å². The minimum atomic E-state index is -0.567. The van der Waals surface area contributed by atoms with Gasteiger partial charge in [-0.25, -0.2) is 0 Å². The van der Waals surface area contributed by atoms with Gasteiger partial charge in [-0.1, -0.05) is 6.07 Å². The van der Waals surface area contributed by atoms with E-state index in [0.29, 0.717) is 6.61 Å². The summed E-state index contributed by atoms with van der Waals surface area (Å²) in [4.78, 5) is 14.3. The van der Waals surface area contributed by atoms with Crippen LogP contribution in [0.1, 0.15) is 21.5 Å². The summed E-state index contributed by atoms with van der Waals surface area (Å²) >= 11 is 1.68. The minimum Gasteiger partial charge on any atom is -0.369 e. The summed E-state index contributed by atoms with van der Waals surface area (Å²) in [7, 11) is 0. The number of aromatic nitrogens is 2. The quantitative estimate of drug-likeness (QED) is 0.919. The summed E-state index contributed by atoms with van der Waals surface area (Å²) in [6.07, 6.45) is 0.0568. The molecular weight excluding hydrogens is 276 g/mol. The summed E-state index contributed by atoms with van der Waals surface area (Å²) in [6.45, 7) is 2.12. The van der Waals surface area contributed by atoms with Crippen LogP contribution in [0.25, 0.3) is 0 Å². The minimum absolute atomic E-state index is 0.0568. The molecule has 1 saturated heterocycles. The summed E-state index contributed by atoms with van der Waals surface area (Å²) in [5.41, 5.74) is 5.33. The van der Waals surface area contributed by atoms with Gasteiger partial charge in [0.1, 0.15) is 6.10 Å². The van der Waals surface area contributed by atoms with E-state index in [0.717, 1.165) is 18.9 Å². The molecule has 1 fully saturated rings. The fraction of sp³-hybridized carbons (Fsp3) is 0.308. The van der Waals surface area contributed by atoms with E-state index >= 15 is 0 Å². The van der Waals surface area contributed by atoms with Gasteiger partial charge in [0.25, 0.3) is 5.91 Å². The molecular formula is C13H14N4O2S. The van der Waals surface area contributed by atoms with Crippen molar-refractivity contribution in [2.45, 2.75) is 6.10 Å². The van der Waals surface area contributed by atoms with E-state index in [-0.39, 0.29) is 11.8 Å². The first-order valence-electron chi connectivity index (χ1n) is 6.27. The molecule has 2 N–H and O–H groups in total. The van der Waals surface area contributed by atoms with E-state index < -0.39 is 5.91 Å². The summed E-state index contributed by atoms with van der Waals surface area (Å²) < 4.78 is 5.78. The third-order valence-corrected chi connectivity index (χ3v) is 4.12. The number of nitrogens with zero attached hydrogens (tertiary/aromatic N) is 3. The zero-order chi connectivity index (χ0) is 13.9.